The molecular formula is C25H22FN3O4. The molecule has 0 spiro atoms. The lowest BCUT2D eigenvalue weighted by molar-refractivity contribution is -0.133. The van der Waals surface area contributed by atoms with Gasteiger partial charge in [-0.15, -0.1) is 0 Å². The van der Waals surface area contributed by atoms with Crippen molar-refractivity contribution in [3.05, 3.63) is 95.8 Å². The van der Waals surface area contributed by atoms with Crippen LogP contribution >= 0.6 is 0 Å². The highest BCUT2D eigenvalue weighted by atomic mass is 19.1. The first-order valence-electron chi connectivity index (χ1n) is 10.3. The minimum absolute atomic E-state index is 0.422. The van der Waals surface area contributed by atoms with Gasteiger partial charge in [0, 0.05) is 5.69 Å². The van der Waals surface area contributed by atoms with E-state index in [0.717, 1.165) is 10.5 Å². The van der Waals surface area contributed by atoms with Crippen molar-refractivity contribution in [2.75, 3.05) is 11.9 Å². The lowest BCUT2D eigenvalue weighted by Gasteiger charge is -2.22. The fraction of sp³-hybridized carbons (Fsp3) is 0.160. The second-order valence-corrected chi connectivity index (χ2v) is 7.80. The van der Waals surface area contributed by atoms with Crippen molar-refractivity contribution in [2.24, 2.45) is 0 Å². The fourth-order valence-corrected chi connectivity index (χ4v) is 3.54. The van der Waals surface area contributed by atoms with E-state index in [4.69, 9.17) is 4.74 Å². The molecule has 0 aromatic heterocycles. The molecule has 0 bridgehead atoms. The van der Waals surface area contributed by atoms with E-state index in [1.165, 1.54) is 31.2 Å². The monoisotopic (exact) mass is 447 g/mol. The summed E-state index contributed by atoms with van der Waals surface area (Å²) in [5, 5.41) is 5.26. The van der Waals surface area contributed by atoms with Gasteiger partial charge >= 0.3 is 6.03 Å². The van der Waals surface area contributed by atoms with Crippen LogP contribution in [0, 0.1) is 5.82 Å². The number of anilines is 1. The van der Waals surface area contributed by atoms with E-state index in [1.807, 2.05) is 30.3 Å². The van der Waals surface area contributed by atoms with Gasteiger partial charge in [0.2, 0.25) is 5.91 Å². The third kappa shape index (κ3) is 4.85. The summed E-state index contributed by atoms with van der Waals surface area (Å²) in [4.78, 5) is 38.6. The predicted octanol–water partition coefficient (Wildman–Crippen LogP) is 3.81. The van der Waals surface area contributed by atoms with Crippen LogP contribution in [-0.4, -0.2) is 29.3 Å². The Bertz CT molecular complexity index is 1170. The zero-order chi connectivity index (χ0) is 23.4. The van der Waals surface area contributed by atoms with E-state index in [0.29, 0.717) is 23.6 Å². The van der Waals surface area contributed by atoms with Crippen LogP contribution in [0.1, 0.15) is 18.1 Å². The van der Waals surface area contributed by atoms with E-state index in [2.05, 4.69) is 10.6 Å². The quantitative estimate of drug-likeness (QED) is 0.539. The van der Waals surface area contributed by atoms with E-state index in [-0.39, 0.29) is 0 Å². The van der Waals surface area contributed by atoms with E-state index in [1.54, 1.807) is 24.3 Å². The van der Waals surface area contributed by atoms with Gasteiger partial charge in [-0.3, -0.25) is 14.5 Å². The Morgan fingerprint density at radius 2 is 1.67 bits per heavy atom. The lowest BCUT2D eigenvalue weighted by atomic mass is 9.92. The highest BCUT2D eigenvalue weighted by Gasteiger charge is 2.49. The van der Waals surface area contributed by atoms with Gasteiger partial charge < -0.3 is 15.4 Å². The van der Waals surface area contributed by atoms with E-state index in [9.17, 15) is 18.8 Å². The maximum Gasteiger partial charge on any atom is 0.325 e. The number of carbonyl (C=O) groups excluding carboxylic acids is 3. The van der Waals surface area contributed by atoms with Crippen molar-refractivity contribution < 1.29 is 23.5 Å². The molecule has 4 rings (SSSR count). The zero-order valence-electron chi connectivity index (χ0n) is 17.9. The van der Waals surface area contributed by atoms with Crippen LogP contribution in [0.25, 0.3) is 0 Å². The number of carbonyl (C=O) groups is 3. The highest BCUT2D eigenvalue weighted by Crippen LogP contribution is 2.29. The van der Waals surface area contributed by atoms with Gasteiger partial charge in [0.15, 0.2) is 0 Å². The molecule has 8 heteroatoms. The summed E-state index contributed by atoms with van der Waals surface area (Å²) >= 11 is 0. The van der Waals surface area contributed by atoms with Gasteiger partial charge in [0.05, 0.1) is 0 Å². The average Bonchev–Trinajstić information content (AvgIpc) is 3.03. The number of hydrogen-bond acceptors (Lipinski definition) is 4. The third-order valence-electron chi connectivity index (χ3n) is 5.38. The van der Waals surface area contributed by atoms with Crippen molar-refractivity contribution in [1.29, 1.82) is 0 Å². The molecule has 1 aliphatic rings. The van der Waals surface area contributed by atoms with Gasteiger partial charge in [-0.1, -0.05) is 42.5 Å². The van der Waals surface area contributed by atoms with E-state index >= 15 is 0 Å². The molecule has 4 amide bonds. The Hall–Kier alpha value is -4.20. The fourth-order valence-electron chi connectivity index (χ4n) is 3.54. The summed E-state index contributed by atoms with van der Waals surface area (Å²) in [5.41, 5.74) is 0.593. The summed E-state index contributed by atoms with van der Waals surface area (Å²) < 4.78 is 18.9. The number of urea groups is 1. The Morgan fingerprint density at radius 3 is 2.33 bits per heavy atom. The Balaban J connectivity index is 1.35. The molecule has 3 aromatic rings. The molecule has 1 aliphatic heterocycles. The Morgan fingerprint density at radius 1 is 1.00 bits per heavy atom. The van der Waals surface area contributed by atoms with Gasteiger partial charge in [-0.25, -0.2) is 9.18 Å². The standard InChI is InChI=1S/C25H22FN3O4/c1-25(18-7-9-19(26)10-8-18)23(31)29(24(32)28-25)15-22(30)27-20-11-13-21(14-12-20)33-16-17-5-3-2-4-6-17/h2-14H,15-16H2,1H3,(H,27,30)(H,28,32)/t25-/m0/s1. The first-order valence-corrected chi connectivity index (χ1v) is 10.3. The van der Waals surface area contributed by atoms with Crippen molar-refractivity contribution in [3.63, 3.8) is 0 Å². The number of amides is 4. The molecule has 1 atom stereocenters. The van der Waals surface area contributed by atoms with Gasteiger partial charge in [-0.2, -0.15) is 0 Å². The first kappa shape index (κ1) is 22.0. The smallest absolute Gasteiger partial charge is 0.325 e. The number of nitrogens with zero attached hydrogens (tertiary/aromatic N) is 1. The van der Waals surface area contributed by atoms with Crippen molar-refractivity contribution in [1.82, 2.24) is 10.2 Å². The first-order chi connectivity index (χ1) is 15.8. The number of imide groups is 1. The van der Waals surface area contributed by atoms with E-state index < -0.39 is 35.7 Å². The molecule has 33 heavy (non-hydrogen) atoms. The summed E-state index contributed by atoms with van der Waals surface area (Å²) in [7, 11) is 0. The molecule has 7 nitrogen and oxygen atoms in total. The van der Waals surface area contributed by atoms with Crippen LogP contribution in [0.2, 0.25) is 0 Å². The molecule has 0 saturated carbocycles. The van der Waals surface area contributed by atoms with Crippen LogP contribution < -0.4 is 15.4 Å². The summed E-state index contributed by atoms with van der Waals surface area (Å²) in [6.07, 6.45) is 0. The van der Waals surface area contributed by atoms with Crippen LogP contribution in [0.15, 0.2) is 78.9 Å². The molecule has 0 radical (unpaired) electrons. The Labute approximate surface area is 190 Å². The number of rotatable bonds is 7. The number of hydrogen-bond donors (Lipinski definition) is 2. The molecule has 1 heterocycles. The minimum Gasteiger partial charge on any atom is -0.489 e. The van der Waals surface area contributed by atoms with Gasteiger partial charge in [0.25, 0.3) is 5.91 Å². The van der Waals surface area contributed by atoms with Crippen LogP contribution in [0.4, 0.5) is 14.9 Å². The van der Waals surface area contributed by atoms with Crippen LogP contribution in [0.3, 0.4) is 0 Å². The Kier molecular flexibility index (Phi) is 6.08. The maximum absolute atomic E-state index is 13.2. The largest absolute Gasteiger partial charge is 0.489 e. The zero-order valence-corrected chi connectivity index (χ0v) is 17.9. The summed E-state index contributed by atoms with van der Waals surface area (Å²) in [6.45, 7) is 1.49. The summed E-state index contributed by atoms with van der Waals surface area (Å²) in [6, 6.07) is 21.1. The number of ether oxygens (including phenoxy) is 1. The van der Waals surface area contributed by atoms with Crippen molar-refractivity contribution in [2.45, 2.75) is 19.1 Å². The number of nitrogens with one attached hydrogen (secondary N) is 2. The number of benzene rings is 3. The van der Waals surface area contributed by atoms with Crippen molar-refractivity contribution >= 4 is 23.5 Å². The average molecular weight is 447 g/mol. The molecule has 3 aromatic carbocycles. The van der Waals surface area contributed by atoms with Crippen molar-refractivity contribution in [3.8, 4) is 5.75 Å². The predicted molar refractivity (Wildman–Crippen MR) is 120 cm³/mol. The second kappa shape index (κ2) is 9.12. The highest BCUT2D eigenvalue weighted by molar-refractivity contribution is 6.10. The lowest BCUT2D eigenvalue weighted by Crippen LogP contribution is -2.42. The summed E-state index contributed by atoms with van der Waals surface area (Å²) in [5.74, 6) is -0.924. The second-order valence-electron chi connectivity index (χ2n) is 7.80. The molecule has 1 saturated heterocycles. The third-order valence-corrected chi connectivity index (χ3v) is 5.38. The number of halogens is 1. The molecule has 0 aliphatic carbocycles. The SMILES string of the molecule is C[C@@]1(c2ccc(F)cc2)NC(=O)N(CC(=O)Nc2ccc(OCc3ccccc3)cc2)C1=O. The minimum atomic E-state index is -1.37. The molecule has 0 unspecified atom stereocenters. The topological polar surface area (TPSA) is 87.7 Å². The van der Waals surface area contributed by atoms with Crippen LogP contribution in [0.5, 0.6) is 5.75 Å². The van der Waals surface area contributed by atoms with Crippen LogP contribution in [-0.2, 0) is 21.7 Å². The van der Waals surface area contributed by atoms with Gasteiger partial charge in [-0.05, 0) is 54.4 Å². The molecule has 1 fully saturated rings. The normalized spacial score (nSPS) is 17.6. The molecule has 168 valence electrons. The molecular weight excluding hydrogens is 425 g/mol. The van der Waals surface area contributed by atoms with Gasteiger partial charge in [0.1, 0.15) is 30.3 Å². The maximum atomic E-state index is 13.2. The molecule has 2 N–H and O–H groups in total.